The molecule has 0 heterocycles. The third-order valence-electron chi connectivity index (χ3n) is 14.9. The Bertz CT molecular complexity index is 1790. The maximum atomic E-state index is 15.3. The Kier molecular flexibility index (Phi) is 10.1. The molecule has 3 fully saturated rings. The first-order chi connectivity index (χ1) is 24.9. The quantitative estimate of drug-likeness (QED) is 0.198. The molecule has 276 valence electrons. The van der Waals surface area contributed by atoms with Gasteiger partial charge >= 0.3 is 0 Å². The number of ether oxygens (including phenoxy) is 2. The zero-order valence-corrected chi connectivity index (χ0v) is 32.5. The van der Waals surface area contributed by atoms with Crippen LogP contribution >= 0.6 is 0 Å². The fourth-order valence-corrected chi connectivity index (χ4v) is 11.3. The number of Topliss-reactive ketones (excluding diaryl/α,β-unsaturated/α-hetero) is 2. The van der Waals surface area contributed by atoms with Gasteiger partial charge in [-0.2, -0.15) is 0 Å². The number of carbonyl (C=O) groups excluding carboxylic acids is 2. The van der Waals surface area contributed by atoms with Crippen molar-refractivity contribution in [3.63, 3.8) is 0 Å². The normalized spacial score (nSPS) is 32.6. The fraction of sp³-hybridized carbons (Fsp3) is 0.542. The maximum Gasteiger partial charge on any atom is 0.140 e. The van der Waals surface area contributed by atoms with Gasteiger partial charge in [-0.05, 0) is 103 Å². The van der Waals surface area contributed by atoms with Gasteiger partial charge in [-0.25, -0.2) is 0 Å². The average molecular weight is 701 g/mol. The molecule has 0 aromatic heterocycles. The smallest absolute Gasteiger partial charge is 0.140 e. The molecule has 3 aromatic carbocycles. The Labute approximate surface area is 312 Å². The van der Waals surface area contributed by atoms with Gasteiger partial charge in [0.2, 0.25) is 0 Å². The van der Waals surface area contributed by atoms with Gasteiger partial charge in [0.05, 0.1) is 0 Å². The Morgan fingerprint density at radius 1 is 0.769 bits per heavy atom. The summed E-state index contributed by atoms with van der Waals surface area (Å²) in [5, 5.41) is 0. The van der Waals surface area contributed by atoms with E-state index in [1.54, 1.807) is 0 Å². The zero-order chi connectivity index (χ0) is 36.7. The summed E-state index contributed by atoms with van der Waals surface area (Å²) in [7, 11) is 0. The fourth-order valence-electron chi connectivity index (χ4n) is 11.3. The third-order valence-corrected chi connectivity index (χ3v) is 14.9. The summed E-state index contributed by atoms with van der Waals surface area (Å²) >= 11 is 0. The molecule has 0 aliphatic heterocycles. The Hall–Kier alpha value is -3.66. The molecule has 0 unspecified atom stereocenters. The number of carbonyl (C=O) groups is 2. The van der Waals surface area contributed by atoms with Crippen LogP contribution in [0.3, 0.4) is 0 Å². The molecule has 52 heavy (non-hydrogen) atoms. The van der Waals surface area contributed by atoms with Crippen LogP contribution < -0.4 is 9.47 Å². The summed E-state index contributed by atoms with van der Waals surface area (Å²) in [4.78, 5) is 29.9. The molecule has 7 atom stereocenters. The van der Waals surface area contributed by atoms with Gasteiger partial charge in [0.25, 0.3) is 0 Å². The number of benzene rings is 3. The lowest BCUT2D eigenvalue weighted by Crippen LogP contribution is -2.59. The second-order valence-electron chi connectivity index (χ2n) is 18.0. The molecular weight excluding hydrogens is 641 g/mol. The predicted molar refractivity (Wildman–Crippen MR) is 209 cm³/mol. The lowest BCUT2D eigenvalue weighted by molar-refractivity contribution is -0.155. The minimum Gasteiger partial charge on any atom is -0.489 e. The highest BCUT2D eigenvalue weighted by atomic mass is 16.5. The predicted octanol–water partition coefficient (Wildman–Crippen LogP) is 11.6. The first-order valence-electron chi connectivity index (χ1n) is 20.1. The second kappa shape index (κ2) is 14.3. The van der Waals surface area contributed by atoms with Crippen LogP contribution in [-0.2, 0) is 28.2 Å². The highest BCUT2D eigenvalue weighted by Gasteiger charge is 2.62. The Morgan fingerprint density at radius 2 is 1.44 bits per heavy atom. The van der Waals surface area contributed by atoms with Crippen LogP contribution in [0.2, 0.25) is 0 Å². The van der Waals surface area contributed by atoms with Gasteiger partial charge in [-0.1, -0.05) is 120 Å². The van der Waals surface area contributed by atoms with E-state index in [2.05, 4.69) is 84.0 Å². The van der Waals surface area contributed by atoms with Gasteiger partial charge in [0, 0.05) is 34.7 Å². The third kappa shape index (κ3) is 6.36. The van der Waals surface area contributed by atoms with Crippen molar-refractivity contribution >= 4 is 11.6 Å². The van der Waals surface area contributed by atoms with Gasteiger partial charge in [-0.3, -0.25) is 9.59 Å². The Morgan fingerprint density at radius 3 is 2.13 bits per heavy atom. The minimum absolute atomic E-state index is 0.0257. The highest BCUT2D eigenvalue weighted by Crippen LogP contribution is 2.64. The molecule has 4 nitrogen and oxygen atoms in total. The SMILES string of the molecule is C[C@@H]1CC=C2[C@H](CCCC2(C)C)[C@@]1(C)C(=O)C[C@@]12CC[C@@H](C)[C@@](C)(c3cc(OCc4ccccc4)ccc3OCc3ccccc3)[C@@H]1CCCC2=O. The van der Waals surface area contributed by atoms with E-state index in [0.717, 1.165) is 73.1 Å². The van der Waals surface area contributed by atoms with E-state index in [1.807, 2.05) is 42.5 Å². The van der Waals surface area contributed by atoms with Crippen LogP contribution in [0.4, 0.5) is 0 Å². The van der Waals surface area contributed by atoms with E-state index in [4.69, 9.17) is 9.47 Å². The Balaban J connectivity index is 1.27. The van der Waals surface area contributed by atoms with E-state index in [9.17, 15) is 4.79 Å². The molecule has 0 radical (unpaired) electrons. The number of rotatable bonds is 10. The van der Waals surface area contributed by atoms with Crippen molar-refractivity contribution in [2.45, 2.75) is 124 Å². The van der Waals surface area contributed by atoms with Crippen molar-refractivity contribution in [2.75, 3.05) is 0 Å². The molecule has 4 heteroatoms. The second-order valence-corrected chi connectivity index (χ2v) is 18.0. The number of allylic oxidation sites excluding steroid dienone is 2. The van der Waals surface area contributed by atoms with Crippen molar-refractivity contribution in [3.8, 4) is 11.5 Å². The van der Waals surface area contributed by atoms with E-state index in [-0.39, 0.29) is 29.1 Å². The van der Waals surface area contributed by atoms with Crippen molar-refractivity contribution in [3.05, 3.63) is 107 Å². The molecule has 4 aliphatic rings. The van der Waals surface area contributed by atoms with Crippen LogP contribution in [0.1, 0.15) is 122 Å². The van der Waals surface area contributed by atoms with E-state index in [1.165, 1.54) is 12.0 Å². The summed E-state index contributed by atoms with van der Waals surface area (Å²) < 4.78 is 13.2. The van der Waals surface area contributed by atoms with Crippen LogP contribution in [0.25, 0.3) is 0 Å². The van der Waals surface area contributed by atoms with Crippen LogP contribution in [0, 0.1) is 39.9 Å². The number of fused-ring (bicyclic) bond motifs is 2. The zero-order valence-electron chi connectivity index (χ0n) is 32.5. The molecule has 3 saturated carbocycles. The van der Waals surface area contributed by atoms with Gasteiger partial charge in [0.1, 0.15) is 36.3 Å². The van der Waals surface area contributed by atoms with Crippen molar-refractivity contribution < 1.29 is 19.1 Å². The first kappa shape index (κ1) is 36.7. The van der Waals surface area contributed by atoms with Gasteiger partial charge < -0.3 is 9.47 Å². The minimum atomic E-state index is -0.678. The van der Waals surface area contributed by atoms with Crippen molar-refractivity contribution in [1.29, 1.82) is 0 Å². The number of ketones is 2. The molecule has 0 spiro atoms. The van der Waals surface area contributed by atoms with E-state index < -0.39 is 16.2 Å². The molecule has 0 bridgehead atoms. The standard InChI is InChI=1S/C48H60O4/c1-33-22-24-38-39(19-14-27-45(38,3)4)47(33,6)44(50)30-48-28-26-34(2)46(5,42(48)20-13-21-43(48)49)40-29-37(51-31-35-15-9-7-10-16-35)23-25-41(40)52-32-36-17-11-8-12-18-36/h7-12,15-18,23-25,29,33-34,39,42H,13-14,19-22,26-28,30-32H2,1-6H3/t33-,34-,39+,42+,46+,47+,48+/m1/s1. The van der Waals surface area contributed by atoms with Crippen LogP contribution in [-0.4, -0.2) is 11.6 Å². The number of hydrogen-bond acceptors (Lipinski definition) is 4. The monoisotopic (exact) mass is 700 g/mol. The molecule has 0 amide bonds. The maximum absolute atomic E-state index is 15.3. The number of hydrogen-bond donors (Lipinski definition) is 0. The van der Waals surface area contributed by atoms with E-state index >= 15 is 4.79 Å². The largest absolute Gasteiger partial charge is 0.489 e. The van der Waals surface area contributed by atoms with E-state index in [0.29, 0.717) is 37.6 Å². The van der Waals surface area contributed by atoms with Crippen molar-refractivity contribution in [1.82, 2.24) is 0 Å². The van der Waals surface area contributed by atoms with Crippen LogP contribution in [0.5, 0.6) is 11.5 Å². The highest BCUT2D eigenvalue weighted by molar-refractivity contribution is 5.95. The van der Waals surface area contributed by atoms with Gasteiger partial charge in [0.15, 0.2) is 0 Å². The molecule has 3 aromatic rings. The summed E-state index contributed by atoms with van der Waals surface area (Å²) in [6.45, 7) is 15.0. The summed E-state index contributed by atoms with van der Waals surface area (Å²) in [5.74, 6) is 3.10. The first-order valence-corrected chi connectivity index (χ1v) is 20.1. The average Bonchev–Trinajstić information content (AvgIpc) is 3.14. The van der Waals surface area contributed by atoms with Crippen LogP contribution in [0.15, 0.2) is 90.5 Å². The lowest BCUT2D eigenvalue weighted by Gasteiger charge is -2.59. The molecular formula is C48H60O4. The summed E-state index contributed by atoms with van der Waals surface area (Å²) in [6, 6.07) is 26.9. The summed E-state index contributed by atoms with van der Waals surface area (Å²) in [5.41, 5.74) is 3.40. The lowest BCUT2D eigenvalue weighted by atomic mass is 9.43. The molecule has 0 N–H and O–H groups in total. The van der Waals surface area contributed by atoms with Gasteiger partial charge in [-0.15, -0.1) is 0 Å². The topological polar surface area (TPSA) is 52.6 Å². The van der Waals surface area contributed by atoms with Crippen molar-refractivity contribution in [2.24, 2.45) is 39.9 Å². The molecule has 0 saturated heterocycles. The molecule has 4 aliphatic carbocycles. The summed E-state index contributed by atoms with van der Waals surface area (Å²) in [6.07, 6.45) is 11.2. The molecule has 7 rings (SSSR count).